The van der Waals surface area contributed by atoms with E-state index in [2.05, 4.69) is 4.72 Å². The second-order valence-corrected chi connectivity index (χ2v) is 7.82. The van der Waals surface area contributed by atoms with Crippen LogP contribution in [0.2, 0.25) is 0 Å². The Kier molecular flexibility index (Phi) is 4.41. The molecular weight excluding hydrogens is 360 g/mol. The molecule has 0 radical (unpaired) electrons. The lowest BCUT2D eigenvalue weighted by atomic mass is 9.99. The van der Waals surface area contributed by atoms with Crippen molar-refractivity contribution in [3.05, 3.63) is 95.6 Å². The maximum absolute atomic E-state index is 12.4. The number of methoxy groups -OCH3 is 1. The van der Waals surface area contributed by atoms with Gasteiger partial charge in [0.1, 0.15) is 17.6 Å². The van der Waals surface area contributed by atoms with Crippen LogP contribution in [0.5, 0.6) is 5.75 Å². The van der Waals surface area contributed by atoms with Gasteiger partial charge in [-0.2, -0.15) is 0 Å². The Hall–Kier alpha value is -3.12. The van der Waals surface area contributed by atoms with Crippen molar-refractivity contribution in [1.82, 2.24) is 4.72 Å². The summed E-state index contributed by atoms with van der Waals surface area (Å²) in [4.78, 5) is 5.05. The summed E-state index contributed by atoms with van der Waals surface area (Å²) < 4.78 is 32.6. The summed E-state index contributed by atoms with van der Waals surface area (Å²) in [6, 6.07) is 23.9. The van der Waals surface area contributed by atoms with Crippen molar-refractivity contribution in [1.29, 1.82) is 0 Å². The molecule has 0 aromatic heterocycles. The molecule has 1 atom stereocenters. The molecule has 136 valence electrons. The highest BCUT2D eigenvalue weighted by atomic mass is 32.2. The zero-order chi connectivity index (χ0) is 18.9. The molecule has 1 N–H and O–H groups in total. The SMILES string of the molecule is COc1ccc([C@@H](N=C2NS(=O)(=O)c3ccccc32)c2ccccc2)cc1. The highest BCUT2D eigenvalue weighted by Gasteiger charge is 2.31. The zero-order valence-electron chi connectivity index (χ0n) is 14.7. The van der Waals surface area contributed by atoms with E-state index in [9.17, 15) is 8.42 Å². The maximum Gasteiger partial charge on any atom is 0.263 e. The first-order chi connectivity index (χ1) is 13.1. The van der Waals surface area contributed by atoms with Gasteiger partial charge < -0.3 is 4.74 Å². The molecule has 27 heavy (non-hydrogen) atoms. The van der Waals surface area contributed by atoms with Gasteiger partial charge in [-0.15, -0.1) is 0 Å². The third-order valence-corrected chi connectivity index (χ3v) is 5.86. The summed E-state index contributed by atoms with van der Waals surface area (Å²) in [6.45, 7) is 0. The Labute approximate surface area is 158 Å². The number of amidine groups is 1. The first-order valence-corrected chi connectivity index (χ1v) is 9.96. The lowest BCUT2D eigenvalue weighted by Crippen LogP contribution is -2.23. The van der Waals surface area contributed by atoms with E-state index < -0.39 is 10.0 Å². The van der Waals surface area contributed by atoms with E-state index in [-0.39, 0.29) is 10.9 Å². The lowest BCUT2D eigenvalue weighted by Gasteiger charge is -2.15. The fraction of sp³-hybridized carbons (Fsp3) is 0.0952. The molecule has 0 bridgehead atoms. The number of nitrogens with zero attached hydrogens (tertiary/aromatic N) is 1. The van der Waals surface area contributed by atoms with E-state index >= 15 is 0 Å². The normalized spacial score (nSPS) is 17.1. The Morgan fingerprint density at radius 3 is 2.19 bits per heavy atom. The maximum atomic E-state index is 12.4. The molecule has 3 aromatic carbocycles. The zero-order valence-corrected chi connectivity index (χ0v) is 15.5. The number of rotatable bonds is 4. The molecule has 1 heterocycles. The molecule has 0 fully saturated rings. The first kappa shape index (κ1) is 17.3. The minimum Gasteiger partial charge on any atom is -0.497 e. The van der Waals surface area contributed by atoms with Crippen LogP contribution in [0.1, 0.15) is 22.7 Å². The Bertz CT molecular complexity index is 1090. The van der Waals surface area contributed by atoms with Crippen LogP contribution in [0.15, 0.2) is 88.8 Å². The van der Waals surface area contributed by atoms with Crippen molar-refractivity contribution < 1.29 is 13.2 Å². The van der Waals surface area contributed by atoms with E-state index in [0.717, 1.165) is 16.9 Å². The number of sulfonamides is 1. The molecular formula is C21H18N2O3S. The van der Waals surface area contributed by atoms with Gasteiger partial charge in [0.05, 0.1) is 12.0 Å². The molecule has 0 saturated carbocycles. The minimum atomic E-state index is -3.58. The number of benzene rings is 3. The summed E-state index contributed by atoms with van der Waals surface area (Å²) in [6.07, 6.45) is 0. The molecule has 5 nitrogen and oxygen atoms in total. The van der Waals surface area contributed by atoms with E-state index in [1.165, 1.54) is 0 Å². The van der Waals surface area contributed by atoms with Gasteiger partial charge in [0.25, 0.3) is 10.0 Å². The van der Waals surface area contributed by atoms with Crippen LogP contribution in [-0.2, 0) is 10.0 Å². The predicted molar refractivity (Wildman–Crippen MR) is 105 cm³/mol. The average molecular weight is 378 g/mol. The van der Waals surface area contributed by atoms with Crippen molar-refractivity contribution in [2.24, 2.45) is 4.99 Å². The van der Waals surface area contributed by atoms with Gasteiger partial charge in [0, 0.05) is 5.56 Å². The summed E-state index contributed by atoms with van der Waals surface area (Å²) in [5.74, 6) is 1.11. The number of aliphatic imine (C=N–C) groups is 1. The van der Waals surface area contributed by atoms with Crippen LogP contribution in [0.4, 0.5) is 0 Å². The van der Waals surface area contributed by atoms with Gasteiger partial charge in [-0.3, -0.25) is 9.71 Å². The molecule has 4 rings (SSSR count). The van der Waals surface area contributed by atoms with Gasteiger partial charge in [0.15, 0.2) is 0 Å². The molecule has 0 spiro atoms. The third kappa shape index (κ3) is 3.31. The van der Waals surface area contributed by atoms with Crippen LogP contribution < -0.4 is 9.46 Å². The van der Waals surface area contributed by atoms with Crippen LogP contribution in [0.25, 0.3) is 0 Å². The van der Waals surface area contributed by atoms with Crippen molar-refractivity contribution in [3.63, 3.8) is 0 Å². The molecule has 0 unspecified atom stereocenters. The van der Waals surface area contributed by atoms with E-state index in [0.29, 0.717) is 11.4 Å². The highest BCUT2D eigenvalue weighted by Crippen LogP contribution is 2.30. The van der Waals surface area contributed by atoms with E-state index in [1.807, 2.05) is 60.7 Å². The topological polar surface area (TPSA) is 67.8 Å². The van der Waals surface area contributed by atoms with Crippen molar-refractivity contribution >= 4 is 15.9 Å². The molecule has 3 aromatic rings. The number of hydrogen-bond acceptors (Lipinski definition) is 4. The van der Waals surface area contributed by atoms with Crippen molar-refractivity contribution in [2.45, 2.75) is 10.9 Å². The van der Waals surface area contributed by atoms with Gasteiger partial charge in [-0.25, -0.2) is 8.42 Å². The largest absolute Gasteiger partial charge is 0.497 e. The van der Waals surface area contributed by atoms with Gasteiger partial charge in [-0.05, 0) is 35.4 Å². The second-order valence-electron chi connectivity index (χ2n) is 6.17. The van der Waals surface area contributed by atoms with Crippen molar-refractivity contribution in [3.8, 4) is 5.75 Å². The van der Waals surface area contributed by atoms with E-state index in [1.54, 1.807) is 25.3 Å². The standard InChI is InChI=1S/C21H18N2O3S/c1-26-17-13-11-16(12-14-17)20(15-7-3-2-4-8-15)22-21-18-9-5-6-10-19(18)27(24,25)23-21/h2-14,20H,1H3,(H,22,23)/t20-/m0/s1. The van der Waals surface area contributed by atoms with Gasteiger partial charge >= 0.3 is 0 Å². The van der Waals surface area contributed by atoms with Crippen LogP contribution in [0, 0.1) is 0 Å². The first-order valence-electron chi connectivity index (χ1n) is 8.47. The fourth-order valence-electron chi connectivity index (χ4n) is 3.12. The summed E-state index contributed by atoms with van der Waals surface area (Å²) >= 11 is 0. The predicted octanol–water partition coefficient (Wildman–Crippen LogP) is 3.52. The number of ether oxygens (including phenoxy) is 1. The number of hydrogen-bond donors (Lipinski definition) is 1. The molecule has 1 aliphatic heterocycles. The Balaban J connectivity index is 1.84. The van der Waals surface area contributed by atoms with Crippen LogP contribution >= 0.6 is 0 Å². The molecule has 6 heteroatoms. The van der Waals surface area contributed by atoms with Crippen molar-refractivity contribution in [2.75, 3.05) is 7.11 Å². The monoisotopic (exact) mass is 378 g/mol. The Morgan fingerprint density at radius 2 is 1.48 bits per heavy atom. The average Bonchev–Trinajstić information content (AvgIpc) is 2.97. The molecule has 0 amide bonds. The van der Waals surface area contributed by atoms with E-state index in [4.69, 9.17) is 9.73 Å². The highest BCUT2D eigenvalue weighted by molar-refractivity contribution is 7.90. The number of fused-ring (bicyclic) bond motifs is 1. The summed E-state index contributed by atoms with van der Waals surface area (Å²) in [5, 5.41) is 0. The quantitative estimate of drug-likeness (QED) is 0.755. The fourth-order valence-corrected chi connectivity index (χ4v) is 4.36. The van der Waals surface area contributed by atoms with Crippen LogP contribution in [-0.4, -0.2) is 21.4 Å². The Morgan fingerprint density at radius 1 is 0.852 bits per heavy atom. The molecule has 0 aliphatic carbocycles. The number of nitrogens with one attached hydrogen (secondary N) is 1. The second kappa shape index (κ2) is 6.89. The molecule has 0 saturated heterocycles. The summed E-state index contributed by atoms with van der Waals surface area (Å²) in [7, 11) is -1.96. The van der Waals surface area contributed by atoms with Gasteiger partial charge in [-0.1, -0.05) is 54.6 Å². The lowest BCUT2D eigenvalue weighted by molar-refractivity contribution is 0.414. The van der Waals surface area contributed by atoms with Crippen LogP contribution in [0.3, 0.4) is 0 Å². The third-order valence-electron chi connectivity index (χ3n) is 4.47. The minimum absolute atomic E-state index is 0.255. The summed E-state index contributed by atoms with van der Waals surface area (Å²) in [5.41, 5.74) is 2.50. The smallest absolute Gasteiger partial charge is 0.263 e. The van der Waals surface area contributed by atoms with Gasteiger partial charge in [0.2, 0.25) is 0 Å². The molecule has 1 aliphatic rings.